The Hall–Kier alpha value is -1.81. The maximum absolute atomic E-state index is 12.0. The van der Waals surface area contributed by atoms with E-state index in [-0.39, 0.29) is 16.5 Å². The maximum atomic E-state index is 12.0. The van der Waals surface area contributed by atoms with E-state index in [1.54, 1.807) is 12.1 Å². The summed E-state index contributed by atoms with van der Waals surface area (Å²) in [5.41, 5.74) is 0.301. The van der Waals surface area contributed by atoms with Gasteiger partial charge in [-0.2, -0.15) is 5.26 Å². The minimum absolute atomic E-state index is 0.00555. The van der Waals surface area contributed by atoms with Gasteiger partial charge in [-0.25, -0.2) is 13.1 Å². The first-order valence-corrected chi connectivity index (χ1v) is 7.11. The Labute approximate surface area is 115 Å². The zero-order chi connectivity index (χ0) is 13.9. The Morgan fingerprint density at radius 2 is 2.16 bits per heavy atom. The van der Waals surface area contributed by atoms with E-state index < -0.39 is 10.0 Å². The Balaban J connectivity index is 2.22. The van der Waals surface area contributed by atoms with Gasteiger partial charge in [0.2, 0.25) is 10.0 Å². The molecule has 0 fully saturated rings. The van der Waals surface area contributed by atoms with Crippen molar-refractivity contribution >= 4 is 21.6 Å². The quantitative estimate of drug-likeness (QED) is 0.938. The van der Waals surface area contributed by atoms with E-state index >= 15 is 0 Å². The van der Waals surface area contributed by atoms with Gasteiger partial charge in [-0.3, -0.25) is 0 Å². The van der Waals surface area contributed by atoms with Crippen molar-refractivity contribution in [3.63, 3.8) is 0 Å². The Kier molecular flexibility index (Phi) is 3.90. The number of nitrogens with zero attached hydrogens (tertiary/aromatic N) is 1. The van der Waals surface area contributed by atoms with Crippen LogP contribution in [0, 0.1) is 11.3 Å². The van der Waals surface area contributed by atoms with E-state index in [0.29, 0.717) is 11.3 Å². The second kappa shape index (κ2) is 5.45. The average molecular weight is 297 g/mol. The standard InChI is InChI=1S/C12H9ClN2O3S/c13-11-6-9(7-14)3-4-12(11)19(16,17)15-8-10-2-1-5-18-10/h1-6,15H,8H2. The second-order valence-corrected chi connectivity index (χ2v) is 5.80. The molecule has 19 heavy (non-hydrogen) atoms. The first-order valence-electron chi connectivity index (χ1n) is 5.24. The van der Waals surface area contributed by atoms with Crippen molar-refractivity contribution in [2.24, 2.45) is 0 Å². The van der Waals surface area contributed by atoms with Gasteiger partial charge < -0.3 is 4.42 Å². The lowest BCUT2D eigenvalue weighted by Gasteiger charge is -2.07. The van der Waals surface area contributed by atoms with Crippen molar-refractivity contribution in [3.05, 3.63) is 52.9 Å². The largest absolute Gasteiger partial charge is 0.468 e. The second-order valence-electron chi connectivity index (χ2n) is 3.66. The van der Waals surface area contributed by atoms with Crippen LogP contribution in [0.2, 0.25) is 5.02 Å². The highest BCUT2D eigenvalue weighted by Crippen LogP contribution is 2.22. The third-order valence-electron chi connectivity index (χ3n) is 2.37. The fourth-order valence-corrected chi connectivity index (χ4v) is 2.98. The fraction of sp³-hybridized carbons (Fsp3) is 0.0833. The summed E-state index contributed by atoms with van der Waals surface area (Å²) in [6.45, 7) is 0.0334. The zero-order valence-electron chi connectivity index (χ0n) is 9.63. The molecular formula is C12H9ClN2O3S. The summed E-state index contributed by atoms with van der Waals surface area (Å²) in [4.78, 5) is -0.0697. The molecule has 0 aliphatic carbocycles. The summed E-state index contributed by atoms with van der Waals surface area (Å²) in [6, 6.07) is 9.21. The van der Waals surface area contributed by atoms with Gasteiger partial charge in [-0.15, -0.1) is 0 Å². The minimum atomic E-state index is -3.74. The highest BCUT2D eigenvalue weighted by atomic mass is 35.5. The summed E-state index contributed by atoms with van der Waals surface area (Å²) < 4.78 is 31.5. The van der Waals surface area contributed by atoms with E-state index in [0.717, 1.165) is 0 Å². The molecule has 0 radical (unpaired) electrons. The van der Waals surface area contributed by atoms with Gasteiger partial charge in [0, 0.05) is 0 Å². The van der Waals surface area contributed by atoms with Gasteiger partial charge in [0.05, 0.1) is 29.5 Å². The van der Waals surface area contributed by atoms with E-state index in [4.69, 9.17) is 21.3 Å². The molecule has 98 valence electrons. The molecule has 0 atom stereocenters. The minimum Gasteiger partial charge on any atom is -0.468 e. The molecule has 2 rings (SSSR count). The number of hydrogen-bond donors (Lipinski definition) is 1. The van der Waals surface area contributed by atoms with Crippen LogP contribution in [0.3, 0.4) is 0 Å². The first-order chi connectivity index (χ1) is 9.03. The zero-order valence-corrected chi connectivity index (χ0v) is 11.2. The van der Waals surface area contributed by atoms with E-state index in [1.807, 2.05) is 6.07 Å². The average Bonchev–Trinajstić information content (AvgIpc) is 2.89. The molecule has 2 aromatic rings. The van der Waals surface area contributed by atoms with Crippen LogP contribution in [-0.2, 0) is 16.6 Å². The summed E-state index contributed by atoms with van der Waals surface area (Å²) in [5.74, 6) is 0.494. The van der Waals surface area contributed by atoms with Crippen LogP contribution >= 0.6 is 11.6 Å². The Bertz CT molecular complexity index is 718. The third kappa shape index (κ3) is 3.15. The van der Waals surface area contributed by atoms with Crippen LogP contribution in [0.1, 0.15) is 11.3 Å². The number of nitriles is 1. The van der Waals surface area contributed by atoms with Gasteiger partial charge in [0.25, 0.3) is 0 Å². The highest BCUT2D eigenvalue weighted by Gasteiger charge is 2.18. The van der Waals surface area contributed by atoms with Gasteiger partial charge in [-0.1, -0.05) is 11.6 Å². The fourth-order valence-electron chi connectivity index (χ4n) is 1.45. The predicted octanol–water partition coefficient (Wildman–Crippen LogP) is 2.28. The van der Waals surface area contributed by atoms with Gasteiger partial charge in [0.1, 0.15) is 10.7 Å². The Morgan fingerprint density at radius 3 is 2.74 bits per heavy atom. The van der Waals surface area contributed by atoms with Crippen LogP contribution in [0.15, 0.2) is 45.9 Å². The molecule has 0 amide bonds. The molecular weight excluding hydrogens is 288 g/mol. The Morgan fingerprint density at radius 1 is 1.37 bits per heavy atom. The van der Waals surface area contributed by atoms with Gasteiger partial charge >= 0.3 is 0 Å². The smallest absolute Gasteiger partial charge is 0.242 e. The molecule has 0 aliphatic rings. The van der Waals surface area contributed by atoms with Gasteiger partial charge in [0.15, 0.2) is 0 Å². The predicted molar refractivity (Wildman–Crippen MR) is 68.9 cm³/mol. The maximum Gasteiger partial charge on any atom is 0.242 e. The molecule has 7 heteroatoms. The monoisotopic (exact) mass is 296 g/mol. The molecule has 0 spiro atoms. The van der Waals surface area contributed by atoms with Crippen molar-refractivity contribution in [2.75, 3.05) is 0 Å². The molecule has 0 saturated heterocycles. The summed E-state index contributed by atoms with van der Waals surface area (Å²) >= 11 is 5.86. The number of benzene rings is 1. The van der Waals surface area contributed by atoms with Crippen molar-refractivity contribution in [1.82, 2.24) is 4.72 Å². The number of furan rings is 1. The van der Waals surface area contributed by atoms with Crippen LogP contribution in [0.5, 0.6) is 0 Å². The summed E-state index contributed by atoms with van der Waals surface area (Å²) in [7, 11) is -3.74. The number of nitrogens with one attached hydrogen (secondary N) is 1. The van der Waals surface area contributed by atoms with Crippen LogP contribution in [0.25, 0.3) is 0 Å². The topological polar surface area (TPSA) is 83.1 Å². The normalized spacial score (nSPS) is 11.2. The van der Waals surface area contributed by atoms with E-state index in [9.17, 15) is 8.42 Å². The highest BCUT2D eigenvalue weighted by molar-refractivity contribution is 7.89. The van der Waals surface area contributed by atoms with E-state index in [1.165, 1.54) is 24.5 Å². The molecule has 0 unspecified atom stereocenters. The molecule has 1 N–H and O–H groups in total. The van der Waals surface area contributed by atoms with Crippen LogP contribution in [0.4, 0.5) is 0 Å². The van der Waals surface area contributed by atoms with Crippen LogP contribution in [-0.4, -0.2) is 8.42 Å². The van der Waals surface area contributed by atoms with Crippen molar-refractivity contribution in [3.8, 4) is 6.07 Å². The van der Waals surface area contributed by atoms with Crippen molar-refractivity contribution in [1.29, 1.82) is 5.26 Å². The molecule has 1 heterocycles. The molecule has 0 aliphatic heterocycles. The molecule has 1 aromatic carbocycles. The van der Waals surface area contributed by atoms with Crippen LogP contribution < -0.4 is 4.72 Å². The molecule has 0 bridgehead atoms. The molecule has 5 nitrogen and oxygen atoms in total. The lowest BCUT2D eigenvalue weighted by atomic mass is 10.2. The number of hydrogen-bond acceptors (Lipinski definition) is 4. The number of sulfonamides is 1. The number of rotatable bonds is 4. The van der Waals surface area contributed by atoms with Crippen molar-refractivity contribution < 1.29 is 12.8 Å². The molecule has 0 saturated carbocycles. The number of halogens is 1. The van der Waals surface area contributed by atoms with Gasteiger partial charge in [-0.05, 0) is 30.3 Å². The lowest BCUT2D eigenvalue weighted by Crippen LogP contribution is -2.23. The first kappa shape index (κ1) is 13.6. The van der Waals surface area contributed by atoms with E-state index in [2.05, 4.69) is 4.72 Å². The summed E-state index contributed by atoms with van der Waals surface area (Å²) in [6.07, 6.45) is 1.46. The third-order valence-corrected chi connectivity index (χ3v) is 4.25. The SMILES string of the molecule is N#Cc1ccc(S(=O)(=O)NCc2ccco2)c(Cl)c1. The van der Waals surface area contributed by atoms with Crippen molar-refractivity contribution in [2.45, 2.75) is 11.4 Å². The lowest BCUT2D eigenvalue weighted by molar-refractivity contribution is 0.498. The molecule has 1 aromatic heterocycles. The summed E-state index contributed by atoms with van der Waals surface area (Å²) in [5, 5.41) is 8.70.